The van der Waals surface area contributed by atoms with E-state index < -0.39 is 5.97 Å². The van der Waals surface area contributed by atoms with Crippen molar-refractivity contribution in [2.45, 2.75) is 25.2 Å². The molecule has 0 unspecified atom stereocenters. The lowest BCUT2D eigenvalue weighted by Crippen LogP contribution is -2.47. The van der Waals surface area contributed by atoms with Crippen LogP contribution in [0, 0.1) is 11.7 Å². The molecule has 0 radical (unpaired) electrons. The van der Waals surface area contributed by atoms with Gasteiger partial charge in [0.25, 0.3) is 0 Å². The van der Waals surface area contributed by atoms with Crippen LogP contribution in [0.1, 0.15) is 35.8 Å². The summed E-state index contributed by atoms with van der Waals surface area (Å²) in [7, 11) is 1.34. The third kappa shape index (κ3) is 3.70. The molecule has 3 aromatic heterocycles. The zero-order valence-corrected chi connectivity index (χ0v) is 16.3. The van der Waals surface area contributed by atoms with E-state index in [-0.39, 0.29) is 11.2 Å². The van der Waals surface area contributed by atoms with E-state index in [9.17, 15) is 9.18 Å². The van der Waals surface area contributed by atoms with Gasteiger partial charge in [-0.3, -0.25) is 4.98 Å². The van der Waals surface area contributed by atoms with Crippen LogP contribution in [0.15, 0.2) is 49.2 Å². The van der Waals surface area contributed by atoms with Gasteiger partial charge in [-0.25, -0.2) is 19.2 Å². The largest absolute Gasteiger partial charge is 0.465 e. The third-order valence-electron chi connectivity index (χ3n) is 5.37. The Morgan fingerprint density at radius 1 is 1.31 bits per heavy atom. The first-order chi connectivity index (χ1) is 14.0. The number of carbonyl (C=O) groups excluding carboxylic acids is 1. The fourth-order valence-electron chi connectivity index (χ4n) is 4.06. The maximum Gasteiger partial charge on any atom is 0.339 e. The van der Waals surface area contributed by atoms with Gasteiger partial charge in [0.05, 0.1) is 36.4 Å². The highest BCUT2D eigenvalue weighted by Crippen LogP contribution is 2.47. The second kappa shape index (κ2) is 7.62. The average Bonchev–Trinajstić information content (AvgIpc) is 3.21. The number of aromatic nitrogens is 4. The SMILES string of the molecule is COC(=O)c1ccn(-c2cnc(NCC3(c4ncccc4F)CC(C)C3)nc2)c1. The van der Waals surface area contributed by atoms with Crippen molar-refractivity contribution in [3.05, 3.63) is 66.3 Å². The summed E-state index contributed by atoms with van der Waals surface area (Å²) < 4.78 is 20.8. The summed E-state index contributed by atoms with van der Waals surface area (Å²) in [6.07, 6.45) is 10.1. The quantitative estimate of drug-likeness (QED) is 0.645. The van der Waals surface area contributed by atoms with E-state index in [4.69, 9.17) is 4.74 Å². The van der Waals surface area contributed by atoms with Gasteiger partial charge in [-0.05, 0) is 37.0 Å². The molecule has 0 spiro atoms. The molecule has 1 aliphatic carbocycles. The number of anilines is 1. The minimum absolute atomic E-state index is 0.272. The predicted octanol–water partition coefficient (Wildman–Crippen LogP) is 3.37. The van der Waals surface area contributed by atoms with Gasteiger partial charge in [0.1, 0.15) is 5.82 Å². The number of methoxy groups -OCH3 is 1. The lowest BCUT2D eigenvalue weighted by Gasteiger charge is -2.46. The Balaban J connectivity index is 1.47. The number of hydrogen-bond acceptors (Lipinski definition) is 6. The Labute approximate surface area is 168 Å². The lowest BCUT2D eigenvalue weighted by molar-refractivity contribution is 0.0601. The number of carbonyl (C=O) groups is 1. The molecule has 150 valence electrons. The second-order valence-electron chi connectivity index (χ2n) is 7.55. The summed E-state index contributed by atoms with van der Waals surface area (Å²) in [6.45, 7) is 2.67. The Bertz CT molecular complexity index is 1010. The van der Waals surface area contributed by atoms with Crippen LogP contribution in [-0.4, -0.2) is 39.1 Å². The maximum atomic E-state index is 14.3. The minimum atomic E-state index is -0.398. The van der Waals surface area contributed by atoms with Gasteiger partial charge in [0, 0.05) is 30.6 Å². The molecule has 8 heteroatoms. The zero-order valence-electron chi connectivity index (χ0n) is 16.3. The number of halogens is 1. The molecule has 0 saturated heterocycles. The number of nitrogens with zero attached hydrogens (tertiary/aromatic N) is 4. The van der Waals surface area contributed by atoms with E-state index in [0.717, 1.165) is 12.8 Å². The van der Waals surface area contributed by atoms with E-state index in [2.05, 4.69) is 27.2 Å². The fourth-order valence-corrected chi connectivity index (χ4v) is 4.06. The van der Waals surface area contributed by atoms with Crippen molar-refractivity contribution >= 4 is 11.9 Å². The van der Waals surface area contributed by atoms with Gasteiger partial charge in [-0.2, -0.15) is 0 Å². The van der Waals surface area contributed by atoms with Crippen molar-refractivity contribution in [3.63, 3.8) is 0 Å². The maximum absolute atomic E-state index is 14.3. The third-order valence-corrected chi connectivity index (χ3v) is 5.37. The predicted molar refractivity (Wildman–Crippen MR) is 105 cm³/mol. The highest BCUT2D eigenvalue weighted by atomic mass is 19.1. The van der Waals surface area contributed by atoms with Crippen molar-refractivity contribution in [3.8, 4) is 5.69 Å². The van der Waals surface area contributed by atoms with Crippen LogP contribution in [0.2, 0.25) is 0 Å². The number of pyridine rings is 1. The molecule has 1 saturated carbocycles. The highest BCUT2D eigenvalue weighted by molar-refractivity contribution is 5.89. The van der Waals surface area contributed by atoms with Crippen molar-refractivity contribution in [1.29, 1.82) is 0 Å². The molecule has 7 nitrogen and oxygen atoms in total. The smallest absolute Gasteiger partial charge is 0.339 e. The van der Waals surface area contributed by atoms with Crippen molar-refractivity contribution < 1.29 is 13.9 Å². The molecule has 0 aliphatic heterocycles. The van der Waals surface area contributed by atoms with E-state index in [1.165, 1.54) is 13.2 Å². The summed E-state index contributed by atoms with van der Waals surface area (Å²) in [5, 5.41) is 3.23. The van der Waals surface area contributed by atoms with Gasteiger partial charge < -0.3 is 14.6 Å². The normalized spacial score (nSPS) is 20.7. The Morgan fingerprint density at radius 2 is 2.07 bits per heavy atom. The standard InChI is InChI=1S/C21H22FN5O2/c1-14-8-21(9-14,18-17(22)4-3-6-23-18)13-26-20-24-10-16(11-25-20)27-7-5-15(12-27)19(28)29-2/h3-7,10-12,14H,8-9,13H2,1-2H3,(H,24,25,26). The lowest BCUT2D eigenvalue weighted by atomic mass is 9.60. The zero-order chi connectivity index (χ0) is 20.4. The van der Waals surface area contributed by atoms with Gasteiger partial charge in [0.15, 0.2) is 0 Å². The average molecular weight is 395 g/mol. The van der Waals surface area contributed by atoms with Gasteiger partial charge in [-0.15, -0.1) is 0 Å². The van der Waals surface area contributed by atoms with Crippen LogP contribution in [-0.2, 0) is 10.2 Å². The fraction of sp³-hybridized carbons (Fsp3) is 0.333. The number of rotatable bonds is 6. The number of hydrogen-bond donors (Lipinski definition) is 1. The molecule has 0 amide bonds. The highest BCUT2D eigenvalue weighted by Gasteiger charge is 2.46. The first-order valence-electron chi connectivity index (χ1n) is 9.44. The Hall–Kier alpha value is -3.29. The summed E-state index contributed by atoms with van der Waals surface area (Å²) in [6, 6.07) is 4.73. The monoisotopic (exact) mass is 395 g/mol. The molecule has 1 fully saturated rings. The van der Waals surface area contributed by atoms with E-state index in [1.807, 2.05) is 0 Å². The topological polar surface area (TPSA) is 81.9 Å². The Morgan fingerprint density at radius 3 is 2.72 bits per heavy atom. The molecule has 0 atom stereocenters. The van der Waals surface area contributed by atoms with Crippen LogP contribution in [0.25, 0.3) is 5.69 Å². The number of ether oxygens (including phenoxy) is 1. The van der Waals surface area contributed by atoms with Crippen molar-refractivity contribution in [2.24, 2.45) is 5.92 Å². The molecule has 0 aromatic carbocycles. The molecule has 0 bridgehead atoms. The molecular formula is C21H22FN5O2. The Kier molecular flexibility index (Phi) is 5.00. The van der Waals surface area contributed by atoms with Gasteiger partial charge in [0.2, 0.25) is 5.95 Å². The minimum Gasteiger partial charge on any atom is -0.465 e. The van der Waals surface area contributed by atoms with E-state index in [0.29, 0.717) is 35.4 Å². The molecule has 1 aliphatic rings. The number of esters is 1. The summed E-state index contributed by atoms with van der Waals surface area (Å²) in [5.41, 5.74) is 1.33. The van der Waals surface area contributed by atoms with Crippen molar-refractivity contribution in [1.82, 2.24) is 19.5 Å². The summed E-state index contributed by atoms with van der Waals surface area (Å²) >= 11 is 0. The molecule has 1 N–H and O–H groups in total. The second-order valence-corrected chi connectivity index (χ2v) is 7.55. The van der Waals surface area contributed by atoms with Crippen LogP contribution in [0.5, 0.6) is 0 Å². The van der Waals surface area contributed by atoms with Crippen LogP contribution >= 0.6 is 0 Å². The van der Waals surface area contributed by atoms with Crippen molar-refractivity contribution in [2.75, 3.05) is 19.0 Å². The number of nitrogens with one attached hydrogen (secondary N) is 1. The van der Waals surface area contributed by atoms with Crippen LogP contribution in [0.3, 0.4) is 0 Å². The van der Waals surface area contributed by atoms with Gasteiger partial charge in [-0.1, -0.05) is 6.92 Å². The first-order valence-corrected chi connectivity index (χ1v) is 9.44. The molecule has 3 heterocycles. The molecular weight excluding hydrogens is 373 g/mol. The van der Waals surface area contributed by atoms with Crippen LogP contribution < -0.4 is 5.32 Å². The van der Waals surface area contributed by atoms with Gasteiger partial charge >= 0.3 is 5.97 Å². The van der Waals surface area contributed by atoms with E-state index >= 15 is 0 Å². The first kappa shape index (κ1) is 19.0. The summed E-state index contributed by atoms with van der Waals surface area (Å²) in [5.74, 6) is 0.319. The van der Waals surface area contributed by atoms with E-state index in [1.54, 1.807) is 47.7 Å². The summed E-state index contributed by atoms with van der Waals surface area (Å²) in [4.78, 5) is 24.6. The molecule has 29 heavy (non-hydrogen) atoms. The molecule has 3 aromatic rings. The molecule has 4 rings (SSSR count). The van der Waals surface area contributed by atoms with Crippen LogP contribution in [0.4, 0.5) is 10.3 Å².